The maximum Gasteiger partial charge on any atom is 0.271 e. The minimum Gasteiger partial charge on any atom is -0.342 e. The van der Waals surface area contributed by atoms with Crippen LogP contribution in [-0.4, -0.2) is 39.2 Å². The van der Waals surface area contributed by atoms with Crippen molar-refractivity contribution in [3.8, 4) is 0 Å². The summed E-state index contributed by atoms with van der Waals surface area (Å²) < 4.78 is 2.19. The van der Waals surface area contributed by atoms with Gasteiger partial charge in [0.25, 0.3) is 5.56 Å². The lowest BCUT2D eigenvalue weighted by Crippen LogP contribution is -2.33. The van der Waals surface area contributed by atoms with Gasteiger partial charge in [0, 0.05) is 20.1 Å². The van der Waals surface area contributed by atoms with Crippen LogP contribution in [-0.2, 0) is 11.8 Å². The van der Waals surface area contributed by atoms with Crippen LogP contribution in [0.5, 0.6) is 0 Å². The van der Waals surface area contributed by atoms with Gasteiger partial charge in [-0.05, 0) is 24.8 Å². The van der Waals surface area contributed by atoms with Crippen molar-refractivity contribution in [1.29, 1.82) is 0 Å². The highest BCUT2D eigenvalue weighted by Crippen LogP contribution is 2.20. The van der Waals surface area contributed by atoms with Crippen LogP contribution in [0.1, 0.15) is 26.7 Å². The number of fused-ring (bicyclic) bond motifs is 1. The Bertz CT molecular complexity index is 708. The van der Waals surface area contributed by atoms with E-state index in [1.807, 2.05) is 23.3 Å². The molecule has 2 aromatic rings. The second-order valence-corrected chi connectivity index (χ2v) is 6.87. The third-order valence-electron chi connectivity index (χ3n) is 3.49. The first-order chi connectivity index (χ1) is 10.6. The van der Waals surface area contributed by atoms with Crippen LogP contribution in [0.3, 0.4) is 0 Å². The van der Waals surface area contributed by atoms with Crippen LogP contribution in [0.15, 0.2) is 21.4 Å². The van der Waals surface area contributed by atoms with Gasteiger partial charge in [-0.15, -0.1) is 11.3 Å². The fraction of sp³-hybridized carbons (Fsp3) is 0.533. The second kappa shape index (κ2) is 7.78. The second-order valence-electron chi connectivity index (χ2n) is 5.01. The van der Waals surface area contributed by atoms with Crippen LogP contribution in [0.25, 0.3) is 10.2 Å². The first kappa shape index (κ1) is 17.0. The number of thioether (sulfide) groups is 1. The molecule has 0 radical (unpaired) electrons. The number of amides is 1. The van der Waals surface area contributed by atoms with Crippen LogP contribution in [0.4, 0.5) is 0 Å². The summed E-state index contributed by atoms with van der Waals surface area (Å²) in [5, 5.41) is 2.46. The molecule has 2 rings (SSSR count). The third kappa shape index (κ3) is 3.70. The van der Waals surface area contributed by atoms with Crippen molar-refractivity contribution in [2.45, 2.75) is 31.8 Å². The predicted molar refractivity (Wildman–Crippen MR) is 92.7 cm³/mol. The Kier molecular flexibility index (Phi) is 6.02. The fourth-order valence-electron chi connectivity index (χ4n) is 2.12. The molecule has 0 aliphatic carbocycles. The van der Waals surface area contributed by atoms with Gasteiger partial charge >= 0.3 is 0 Å². The molecule has 2 aromatic heterocycles. The molecule has 0 saturated heterocycles. The molecule has 2 heterocycles. The lowest BCUT2D eigenvalue weighted by Gasteiger charge is -2.20. The number of rotatable bonds is 7. The van der Waals surface area contributed by atoms with Crippen molar-refractivity contribution >= 4 is 39.2 Å². The number of unbranched alkanes of at least 4 members (excludes halogenated alkanes) is 1. The van der Waals surface area contributed by atoms with Crippen molar-refractivity contribution in [3.05, 3.63) is 21.8 Å². The lowest BCUT2D eigenvalue weighted by atomic mass is 10.3. The number of nitrogens with zero attached hydrogens (tertiary/aromatic N) is 3. The quantitative estimate of drug-likeness (QED) is 0.575. The number of carbonyl (C=O) groups is 1. The van der Waals surface area contributed by atoms with Gasteiger partial charge in [0.15, 0.2) is 5.16 Å². The molecule has 0 fully saturated rings. The number of aromatic nitrogens is 2. The molecule has 0 unspecified atom stereocenters. The highest BCUT2D eigenvalue weighted by molar-refractivity contribution is 7.99. The molecule has 0 saturated carbocycles. The summed E-state index contributed by atoms with van der Waals surface area (Å²) in [6.07, 6.45) is 2.09. The molecule has 0 aliphatic rings. The van der Waals surface area contributed by atoms with E-state index in [1.165, 1.54) is 27.7 Å². The molecule has 120 valence electrons. The van der Waals surface area contributed by atoms with Gasteiger partial charge in [0.1, 0.15) is 4.70 Å². The van der Waals surface area contributed by atoms with Crippen molar-refractivity contribution in [1.82, 2.24) is 14.5 Å². The number of hydrogen-bond donors (Lipinski definition) is 0. The fourth-order valence-corrected chi connectivity index (χ4v) is 3.80. The minimum absolute atomic E-state index is 0.0479. The molecule has 0 aromatic carbocycles. The average molecular weight is 339 g/mol. The zero-order chi connectivity index (χ0) is 16.1. The summed E-state index contributed by atoms with van der Waals surface area (Å²) in [5.41, 5.74) is 0.662. The van der Waals surface area contributed by atoms with Gasteiger partial charge in [-0.3, -0.25) is 14.2 Å². The Morgan fingerprint density at radius 1 is 1.45 bits per heavy atom. The van der Waals surface area contributed by atoms with E-state index < -0.39 is 0 Å². The minimum atomic E-state index is -0.0479. The monoisotopic (exact) mass is 339 g/mol. The topological polar surface area (TPSA) is 55.2 Å². The SMILES string of the molecule is CCCCN(CC)C(=O)CSc1nc2ccsc2c(=O)n1C. The summed E-state index contributed by atoms with van der Waals surface area (Å²) in [6, 6.07) is 1.84. The molecule has 22 heavy (non-hydrogen) atoms. The van der Waals surface area contributed by atoms with Crippen molar-refractivity contribution in [3.63, 3.8) is 0 Å². The van der Waals surface area contributed by atoms with Gasteiger partial charge in [-0.1, -0.05) is 25.1 Å². The van der Waals surface area contributed by atoms with Crippen LogP contribution in [0, 0.1) is 0 Å². The maximum absolute atomic E-state index is 12.3. The Morgan fingerprint density at radius 3 is 2.91 bits per heavy atom. The Hall–Kier alpha value is -1.34. The third-order valence-corrected chi connectivity index (χ3v) is 5.39. The maximum atomic E-state index is 12.3. The molecule has 0 N–H and O–H groups in total. The Labute approximate surface area is 138 Å². The van der Waals surface area contributed by atoms with Crippen molar-refractivity contribution in [2.24, 2.45) is 7.05 Å². The first-order valence-corrected chi connectivity index (χ1v) is 9.29. The van der Waals surface area contributed by atoms with E-state index in [0.29, 0.717) is 21.1 Å². The van der Waals surface area contributed by atoms with E-state index >= 15 is 0 Å². The standard InChI is InChI=1S/C15H21N3O2S2/c1-4-6-8-18(5-2)12(19)10-22-15-16-11-7-9-21-13(11)14(20)17(15)3/h7,9H,4-6,8,10H2,1-3H3. The van der Waals surface area contributed by atoms with Crippen LogP contribution < -0.4 is 5.56 Å². The first-order valence-electron chi connectivity index (χ1n) is 7.43. The normalized spacial score (nSPS) is 11.0. The molecule has 0 aliphatic heterocycles. The summed E-state index contributed by atoms with van der Waals surface area (Å²) in [5.74, 6) is 0.411. The highest BCUT2D eigenvalue weighted by Gasteiger charge is 2.15. The predicted octanol–water partition coefficient (Wildman–Crippen LogP) is 2.74. The van der Waals surface area contributed by atoms with E-state index in [1.54, 1.807) is 7.05 Å². The summed E-state index contributed by atoms with van der Waals surface area (Å²) in [7, 11) is 1.70. The Balaban J connectivity index is 2.09. The van der Waals surface area contributed by atoms with Crippen LogP contribution in [0.2, 0.25) is 0 Å². The molecule has 0 bridgehead atoms. The van der Waals surface area contributed by atoms with E-state index in [9.17, 15) is 9.59 Å². The number of hydrogen-bond acceptors (Lipinski definition) is 5. The molecule has 7 heteroatoms. The van der Waals surface area contributed by atoms with Gasteiger partial charge < -0.3 is 4.90 Å². The number of thiophene rings is 1. The zero-order valence-electron chi connectivity index (χ0n) is 13.2. The van der Waals surface area contributed by atoms with E-state index in [0.717, 1.165) is 25.9 Å². The average Bonchev–Trinajstić information content (AvgIpc) is 2.98. The lowest BCUT2D eigenvalue weighted by molar-refractivity contribution is -0.128. The van der Waals surface area contributed by atoms with Gasteiger partial charge in [-0.25, -0.2) is 4.98 Å². The molecule has 5 nitrogen and oxygen atoms in total. The van der Waals surface area contributed by atoms with Gasteiger partial charge in [0.05, 0.1) is 11.3 Å². The highest BCUT2D eigenvalue weighted by atomic mass is 32.2. The largest absolute Gasteiger partial charge is 0.342 e. The molecule has 0 atom stereocenters. The van der Waals surface area contributed by atoms with Gasteiger partial charge in [-0.2, -0.15) is 0 Å². The molecule has 1 amide bonds. The van der Waals surface area contributed by atoms with E-state index in [2.05, 4.69) is 11.9 Å². The van der Waals surface area contributed by atoms with Gasteiger partial charge in [0.2, 0.25) is 5.91 Å². The van der Waals surface area contributed by atoms with E-state index in [4.69, 9.17) is 0 Å². The summed E-state index contributed by atoms with van der Waals surface area (Å²) >= 11 is 2.73. The number of carbonyl (C=O) groups excluding carboxylic acids is 1. The summed E-state index contributed by atoms with van der Waals surface area (Å²) in [4.78, 5) is 30.8. The molecule has 0 spiro atoms. The van der Waals surface area contributed by atoms with E-state index in [-0.39, 0.29) is 11.5 Å². The van der Waals surface area contributed by atoms with Crippen LogP contribution >= 0.6 is 23.1 Å². The van der Waals surface area contributed by atoms with Crippen molar-refractivity contribution in [2.75, 3.05) is 18.8 Å². The zero-order valence-corrected chi connectivity index (χ0v) is 14.8. The molecular weight excluding hydrogens is 318 g/mol. The smallest absolute Gasteiger partial charge is 0.271 e. The van der Waals surface area contributed by atoms with Crippen molar-refractivity contribution < 1.29 is 4.79 Å². The molecular formula is C15H21N3O2S2. The summed E-state index contributed by atoms with van der Waals surface area (Å²) in [6.45, 7) is 5.62. The Morgan fingerprint density at radius 2 is 2.23 bits per heavy atom.